The lowest BCUT2D eigenvalue weighted by molar-refractivity contribution is -0.127. The number of carbonyl (C=O) groups is 1. The van der Waals surface area contributed by atoms with Crippen molar-refractivity contribution in [3.8, 4) is 0 Å². The van der Waals surface area contributed by atoms with Crippen LogP contribution in [-0.4, -0.2) is 35.5 Å². The van der Waals surface area contributed by atoms with E-state index in [1.54, 1.807) is 0 Å². The summed E-state index contributed by atoms with van der Waals surface area (Å²) in [6.45, 7) is 2.99. The Bertz CT molecular complexity index is 233. The molecular weight excluding hydrogens is 208 g/mol. The van der Waals surface area contributed by atoms with Gasteiger partial charge in [-0.25, -0.2) is 0 Å². The highest BCUT2D eigenvalue weighted by molar-refractivity contribution is 7.99. The first-order valence-electron chi connectivity index (χ1n) is 5.84. The van der Waals surface area contributed by atoms with Crippen molar-refractivity contribution >= 4 is 17.7 Å². The van der Waals surface area contributed by atoms with E-state index >= 15 is 0 Å². The number of rotatable bonds is 2. The standard InChI is InChI=1S/C11H20N2OS/c1-11(5-3-6-12-11)10(14)13-9-4-2-7-15-8-9/h9,12H,2-8H2,1H3,(H,13,14). The largest absolute Gasteiger partial charge is 0.351 e. The molecule has 2 rings (SSSR count). The van der Waals surface area contributed by atoms with Gasteiger partial charge in [-0.2, -0.15) is 11.8 Å². The number of amides is 1. The van der Waals surface area contributed by atoms with E-state index < -0.39 is 0 Å². The Kier molecular flexibility index (Phi) is 3.57. The molecule has 0 saturated carbocycles. The van der Waals surface area contributed by atoms with Gasteiger partial charge in [-0.05, 0) is 44.9 Å². The minimum Gasteiger partial charge on any atom is -0.351 e. The smallest absolute Gasteiger partial charge is 0.240 e. The number of hydrogen-bond donors (Lipinski definition) is 2. The van der Waals surface area contributed by atoms with Crippen molar-refractivity contribution in [3.05, 3.63) is 0 Å². The monoisotopic (exact) mass is 228 g/mol. The molecule has 2 aliphatic heterocycles. The van der Waals surface area contributed by atoms with Gasteiger partial charge >= 0.3 is 0 Å². The molecule has 0 aromatic heterocycles. The maximum Gasteiger partial charge on any atom is 0.240 e. The second-order valence-corrected chi connectivity index (χ2v) is 5.90. The predicted octanol–water partition coefficient (Wildman–Crippen LogP) is 1.14. The summed E-state index contributed by atoms with van der Waals surface area (Å²) in [5.74, 6) is 2.54. The molecule has 0 aliphatic carbocycles. The molecule has 86 valence electrons. The van der Waals surface area contributed by atoms with E-state index in [9.17, 15) is 4.79 Å². The van der Waals surface area contributed by atoms with Crippen LogP contribution in [0.15, 0.2) is 0 Å². The van der Waals surface area contributed by atoms with Gasteiger partial charge in [-0.3, -0.25) is 4.79 Å². The first-order valence-corrected chi connectivity index (χ1v) is 7.00. The van der Waals surface area contributed by atoms with Crippen LogP contribution >= 0.6 is 11.8 Å². The third-order valence-electron chi connectivity index (χ3n) is 3.37. The molecule has 2 saturated heterocycles. The molecule has 0 spiro atoms. The highest BCUT2D eigenvalue weighted by Crippen LogP contribution is 2.21. The van der Waals surface area contributed by atoms with Gasteiger partial charge < -0.3 is 10.6 Å². The van der Waals surface area contributed by atoms with Gasteiger partial charge in [0.15, 0.2) is 0 Å². The predicted molar refractivity (Wildman–Crippen MR) is 64.1 cm³/mol. The molecule has 2 atom stereocenters. The average molecular weight is 228 g/mol. The maximum absolute atomic E-state index is 12.1. The summed E-state index contributed by atoms with van der Waals surface area (Å²) in [5, 5.41) is 6.48. The average Bonchev–Trinajstić information content (AvgIpc) is 2.68. The number of carbonyl (C=O) groups excluding carboxylic acids is 1. The van der Waals surface area contributed by atoms with Crippen LogP contribution in [0.25, 0.3) is 0 Å². The van der Waals surface area contributed by atoms with E-state index in [0.717, 1.165) is 31.6 Å². The van der Waals surface area contributed by atoms with Crippen molar-refractivity contribution in [3.63, 3.8) is 0 Å². The van der Waals surface area contributed by atoms with E-state index in [0.29, 0.717) is 6.04 Å². The van der Waals surface area contributed by atoms with Crippen LogP contribution < -0.4 is 10.6 Å². The minimum atomic E-state index is -0.303. The Hall–Kier alpha value is -0.220. The number of thioether (sulfide) groups is 1. The molecule has 3 nitrogen and oxygen atoms in total. The quantitative estimate of drug-likeness (QED) is 0.745. The summed E-state index contributed by atoms with van der Waals surface area (Å²) in [6, 6.07) is 0.399. The lowest BCUT2D eigenvalue weighted by atomic mass is 9.98. The lowest BCUT2D eigenvalue weighted by Crippen LogP contribution is -2.54. The van der Waals surface area contributed by atoms with Crippen molar-refractivity contribution in [1.29, 1.82) is 0 Å². The minimum absolute atomic E-state index is 0.201. The molecular formula is C11H20N2OS. The van der Waals surface area contributed by atoms with Gasteiger partial charge in [0, 0.05) is 11.8 Å². The van der Waals surface area contributed by atoms with Crippen molar-refractivity contribution in [2.45, 2.75) is 44.2 Å². The molecule has 2 aliphatic rings. The Morgan fingerprint density at radius 1 is 1.53 bits per heavy atom. The molecule has 0 bridgehead atoms. The van der Waals surface area contributed by atoms with Gasteiger partial charge in [-0.1, -0.05) is 0 Å². The van der Waals surface area contributed by atoms with Crippen LogP contribution in [0.3, 0.4) is 0 Å². The fourth-order valence-corrected chi connectivity index (χ4v) is 3.36. The van der Waals surface area contributed by atoms with Crippen LogP contribution in [0.1, 0.15) is 32.6 Å². The zero-order valence-corrected chi connectivity index (χ0v) is 10.2. The zero-order valence-electron chi connectivity index (χ0n) is 9.34. The SMILES string of the molecule is CC1(C(=O)NC2CCCSC2)CCCN1. The summed E-state index contributed by atoms with van der Waals surface area (Å²) in [6.07, 6.45) is 4.47. The molecule has 4 heteroatoms. The van der Waals surface area contributed by atoms with Crippen LogP contribution in [0.2, 0.25) is 0 Å². The van der Waals surface area contributed by atoms with E-state index in [-0.39, 0.29) is 11.4 Å². The van der Waals surface area contributed by atoms with Gasteiger partial charge in [0.05, 0.1) is 5.54 Å². The molecule has 1 amide bonds. The van der Waals surface area contributed by atoms with Crippen molar-refractivity contribution < 1.29 is 4.79 Å². The summed E-state index contributed by atoms with van der Waals surface area (Å²) >= 11 is 1.95. The Balaban J connectivity index is 1.85. The molecule has 2 fully saturated rings. The highest BCUT2D eigenvalue weighted by Gasteiger charge is 2.36. The summed E-state index contributed by atoms with van der Waals surface area (Å²) < 4.78 is 0. The van der Waals surface area contributed by atoms with Crippen LogP contribution in [-0.2, 0) is 4.79 Å². The van der Waals surface area contributed by atoms with E-state index in [1.807, 2.05) is 18.7 Å². The van der Waals surface area contributed by atoms with Gasteiger partial charge in [0.1, 0.15) is 0 Å². The fourth-order valence-electron chi connectivity index (χ4n) is 2.29. The first kappa shape index (κ1) is 11.3. The number of nitrogens with one attached hydrogen (secondary N) is 2. The van der Waals surface area contributed by atoms with E-state index in [1.165, 1.54) is 12.2 Å². The highest BCUT2D eigenvalue weighted by atomic mass is 32.2. The summed E-state index contributed by atoms with van der Waals surface area (Å²) in [4.78, 5) is 12.1. The Morgan fingerprint density at radius 2 is 2.40 bits per heavy atom. The third-order valence-corrected chi connectivity index (χ3v) is 4.58. The topological polar surface area (TPSA) is 41.1 Å². The number of hydrogen-bond acceptors (Lipinski definition) is 3. The molecule has 0 aromatic rings. The first-order chi connectivity index (χ1) is 7.21. The zero-order chi connectivity index (χ0) is 10.7. The second-order valence-electron chi connectivity index (χ2n) is 4.75. The van der Waals surface area contributed by atoms with Crippen LogP contribution in [0.5, 0.6) is 0 Å². The van der Waals surface area contributed by atoms with Gasteiger partial charge in [0.25, 0.3) is 0 Å². The van der Waals surface area contributed by atoms with Crippen molar-refractivity contribution in [2.75, 3.05) is 18.1 Å². The van der Waals surface area contributed by atoms with E-state index in [4.69, 9.17) is 0 Å². The fraction of sp³-hybridized carbons (Fsp3) is 0.909. The maximum atomic E-state index is 12.1. The molecule has 0 aromatic carbocycles. The molecule has 15 heavy (non-hydrogen) atoms. The van der Waals surface area contributed by atoms with Crippen molar-refractivity contribution in [1.82, 2.24) is 10.6 Å². The van der Waals surface area contributed by atoms with Gasteiger partial charge in [0.2, 0.25) is 5.91 Å². The Labute approximate surface area is 95.8 Å². The van der Waals surface area contributed by atoms with E-state index in [2.05, 4.69) is 10.6 Å². The lowest BCUT2D eigenvalue weighted by Gasteiger charge is -2.28. The second kappa shape index (κ2) is 4.74. The summed E-state index contributed by atoms with van der Waals surface area (Å²) in [5.41, 5.74) is -0.303. The third kappa shape index (κ3) is 2.67. The van der Waals surface area contributed by atoms with Crippen LogP contribution in [0.4, 0.5) is 0 Å². The summed E-state index contributed by atoms with van der Waals surface area (Å²) in [7, 11) is 0. The molecule has 2 unspecified atom stereocenters. The molecule has 2 heterocycles. The molecule has 2 N–H and O–H groups in total. The van der Waals surface area contributed by atoms with Gasteiger partial charge in [-0.15, -0.1) is 0 Å². The molecule has 0 radical (unpaired) electrons. The normalized spacial score (nSPS) is 36.5. The Morgan fingerprint density at radius 3 is 3.00 bits per heavy atom. The van der Waals surface area contributed by atoms with Crippen LogP contribution in [0, 0.1) is 0 Å². The van der Waals surface area contributed by atoms with Crippen molar-refractivity contribution in [2.24, 2.45) is 0 Å².